The van der Waals surface area contributed by atoms with Crippen molar-refractivity contribution in [3.05, 3.63) is 36.4 Å². The average molecular weight is 377 g/mol. The molecule has 0 spiro atoms. The number of benzene rings is 1. The van der Waals surface area contributed by atoms with Crippen LogP contribution >= 0.6 is 0 Å². The second kappa shape index (κ2) is 7.53. The van der Waals surface area contributed by atoms with E-state index in [1.807, 2.05) is 24.8 Å². The standard InChI is InChI=1S/C20H28N2O3S/c1-15(2)14-18(20(23)21-11-6-7-12-21)22-13-10-16(3)17-8-4-5-9-19(17)26(22,24)25/h4-5,8-9,15,18H,3,6-7,10-14H2,1-2H3/t18-/m0/s1. The van der Waals surface area contributed by atoms with Crippen LogP contribution in [0.25, 0.3) is 5.57 Å². The monoisotopic (exact) mass is 376 g/mol. The number of carbonyl (C=O) groups excluding carboxylic acids is 1. The molecule has 0 unspecified atom stereocenters. The van der Waals surface area contributed by atoms with Gasteiger partial charge in [0.2, 0.25) is 15.9 Å². The molecule has 3 rings (SSSR count). The summed E-state index contributed by atoms with van der Waals surface area (Å²) in [4.78, 5) is 15.3. The highest BCUT2D eigenvalue weighted by Gasteiger charge is 2.40. The minimum Gasteiger partial charge on any atom is -0.341 e. The van der Waals surface area contributed by atoms with E-state index in [-0.39, 0.29) is 16.7 Å². The molecule has 0 aromatic heterocycles. The Hall–Kier alpha value is -1.66. The van der Waals surface area contributed by atoms with Gasteiger partial charge >= 0.3 is 0 Å². The fourth-order valence-corrected chi connectivity index (χ4v) is 5.71. The van der Waals surface area contributed by atoms with Crippen molar-refractivity contribution in [1.29, 1.82) is 0 Å². The van der Waals surface area contributed by atoms with Crippen LogP contribution in [0.4, 0.5) is 0 Å². The van der Waals surface area contributed by atoms with E-state index in [2.05, 4.69) is 6.58 Å². The first-order valence-electron chi connectivity index (χ1n) is 9.40. The number of fused-ring (bicyclic) bond motifs is 1. The van der Waals surface area contributed by atoms with Crippen LogP contribution in [0.15, 0.2) is 35.7 Å². The van der Waals surface area contributed by atoms with E-state index in [1.165, 1.54) is 4.31 Å². The maximum absolute atomic E-state index is 13.4. The van der Waals surface area contributed by atoms with E-state index in [1.54, 1.807) is 18.2 Å². The van der Waals surface area contributed by atoms with Gasteiger partial charge in [-0.1, -0.05) is 38.6 Å². The van der Waals surface area contributed by atoms with E-state index in [0.717, 1.165) is 31.5 Å². The predicted molar refractivity (Wildman–Crippen MR) is 103 cm³/mol. The minimum atomic E-state index is -3.75. The summed E-state index contributed by atoms with van der Waals surface area (Å²) in [5.41, 5.74) is 1.48. The van der Waals surface area contributed by atoms with Crippen molar-refractivity contribution in [1.82, 2.24) is 9.21 Å². The van der Waals surface area contributed by atoms with Crippen LogP contribution in [-0.4, -0.2) is 49.2 Å². The molecule has 0 N–H and O–H groups in total. The molecule has 26 heavy (non-hydrogen) atoms. The fraction of sp³-hybridized carbons (Fsp3) is 0.550. The first-order valence-corrected chi connectivity index (χ1v) is 10.8. The number of hydrogen-bond donors (Lipinski definition) is 0. The average Bonchev–Trinajstić information content (AvgIpc) is 3.11. The van der Waals surface area contributed by atoms with E-state index in [4.69, 9.17) is 0 Å². The minimum absolute atomic E-state index is 0.0511. The van der Waals surface area contributed by atoms with Gasteiger partial charge < -0.3 is 4.90 Å². The van der Waals surface area contributed by atoms with Crippen LogP contribution in [0, 0.1) is 5.92 Å². The molecule has 1 amide bonds. The largest absolute Gasteiger partial charge is 0.341 e. The van der Waals surface area contributed by atoms with Crippen LogP contribution < -0.4 is 0 Å². The van der Waals surface area contributed by atoms with Gasteiger partial charge in [0, 0.05) is 19.6 Å². The van der Waals surface area contributed by atoms with Crippen LogP contribution in [0.5, 0.6) is 0 Å². The third-order valence-electron chi connectivity index (χ3n) is 5.23. The highest BCUT2D eigenvalue weighted by molar-refractivity contribution is 7.89. The van der Waals surface area contributed by atoms with E-state index in [9.17, 15) is 13.2 Å². The summed E-state index contributed by atoms with van der Waals surface area (Å²) in [7, 11) is -3.75. The molecule has 142 valence electrons. The summed E-state index contributed by atoms with van der Waals surface area (Å²) in [6, 6.07) is 6.35. The highest BCUT2D eigenvalue weighted by atomic mass is 32.2. The molecule has 2 aliphatic rings. The van der Waals surface area contributed by atoms with Crippen LogP contribution in [0.2, 0.25) is 0 Å². The van der Waals surface area contributed by atoms with Crippen molar-refractivity contribution in [2.24, 2.45) is 5.92 Å². The molecule has 0 radical (unpaired) electrons. The number of rotatable bonds is 4. The van der Waals surface area contributed by atoms with Crippen LogP contribution in [0.1, 0.15) is 45.1 Å². The van der Waals surface area contributed by atoms with Crippen molar-refractivity contribution in [2.45, 2.75) is 50.5 Å². The lowest BCUT2D eigenvalue weighted by atomic mass is 10.0. The predicted octanol–water partition coefficient (Wildman–Crippen LogP) is 3.13. The molecule has 1 aromatic rings. The number of hydrogen-bond acceptors (Lipinski definition) is 3. The lowest BCUT2D eigenvalue weighted by Gasteiger charge is -2.32. The lowest BCUT2D eigenvalue weighted by Crippen LogP contribution is -2.50. The first-order chi connectivity index (χ1) is 12.3. The molecule has 0 saturated carbocycles. The normalized spacial score (nSPS) is 21.5. The SMILES string of the molecule is C=C1CCN([C@@H](CC(C)C)C(=O)N2CCCC2)S(=O)(=O)c2ccccc21. The summed E-state index contributed by atoms with van der Waals surface area (Å²) in [6.45, 7) is 9.88. The molecular weight excluding hydrogens is 348 g/mol. The third kappa shape index (κ3) is 3.58. The second-order valence-electron chi connectivity index (χ2n) is 7.64. The van der Waals surface area contributed by atoms with Gasteiger partial charge in [0.1, 0.15) is 6.04 Å². The van der Waals surface area contributed by atoms with Crippen molar-refractivity contribution in [3.8, 4) is 0 Å². The number of carbonyl (C=O) groups is 1. The Balaban J connectivity index is 2.03. The third-order valence-corrected chi connectivity index (χ3v) is 7.20. The Labute approximate surface area is 156 Å². The van der Waals surface area contributed by atoms with Crippen LogP contribution in [-0.2, 0) is 14.8 Å². The first kappa shape index (κ1) is 19.1. The summed E-state index contributed by atoms with van der Waals surface area (Å²) in [5, 5.41) is 0. The van der Waals surface area contributed by atoms with Gasteiger partial charge in [-0.2, -0.15) is 4.31 Å². The molecule has 0 bridgehead atoms. The molecule has 0 aliphatic carbocycles. The quantitative estimate of drug-likeness (QED) is 0.811. The van der Waals surface area contributed by atoms with E-state index < -0.39 is 16.1 Å². The zero-order chi connectivity index (χ0) is 18.9. The molecule has 5 nitrogen and oxygen atoms in total. The summed E-state index contributed by atoms with van der Waals surface area (Å²) in [5.74, 6) is 0.174. The number of amides is 1. The van der Waals surface area contributed by atoms with Gasteiger partial charge in [0.15, 0.2) is 0 Å². The van der Waals surface area contributed by atoms with Gasteiger partial charge in [-0.25, -0.2) is 8.42 Å². The van der Waals surface area contributed by atoms with Gasteiger partial charge in [-0.05, 0) is 48.8 Å². The number of nitrogens with zero attached hydrogens (tertiary/aromatic N) is 2. The van der Waals surface area contributed by atoms with Crippen molar-refractivity contribution in [2.75, 3.05) is 19.6 Å². The van der Waals surface area contributed by atoms with Crippen molar-refractivity contribution < 1.29 is 13.2 Å². The Kier molecular flexibility index (Phi) is 5.53. The molecule has 1 fully saturated rings. The Bertz CT molecular complexity index is 795. The number of likely N-dealkylation sites (tertiary alicyclic amines) is 1. The van der Waals surface area contributed by atoms with Gasteiger partial charge in [-0.15, -0.1) is 0 Å². The highest BCUT2D eigenvalue weighted by Crippen LogP contribution is 2.34. The second-order valence-corrected chi connectivity index (χ2v) is 9.50. The maximum atomic E-state index is 13.4. The molecule has 1 atom stereocenters. The molecule has 1 saturated heterocycles. The zero-order valence-corrected chi connectivity index (χ0v) is 16.5. The van der Waals surface area contributed by atoms with Gasteiger partial charge in [0.05, 0.1) is 4.90 Å². The zero-order valence-electron chi connectivity index (χ0n) is 15.6. The fourth-order valence-electron chi connectivity index (χ4n) is 3.87. The smallest absolute Gasteiger partial charge is 0.244 e. The van der Waals surface area contributed by atoms with Crippen molar-refractivity contribution >= 4 is 21.5 Å². The molecular formula is C20H28N2O3S. The Morgan fingerprint density at radius 3 is 2.46 bits per heavy atom. The topological polar surface area (TPSA) is 57.7 Å². The Morgan fingerprint density at radius 2 is 1.81 bits per heavy atom. The van der Waals surface area contributed by atoms with E-state index >= 15 is 0 Å². The molecule has 1 aromatic carbocycles. The van der Waals surface area contributed by atoms with Gasteiger partial charge in [0.25, 0.3) is 0 Å². The van der Waals surface area contributed by atoms with Gasteiger partial charge in [-0.3, -0.25) is 4.79 Å². The summed E-state index contributed by atoms with van der Waals surface area (Å²) < 4.78 is 28.3. The summed E-state index contributed by atoms with van der Waals surface area (Å²) >= 11 is 0. The van der Waals surface area contributed by atoms with E-state index in [0.29, 0.717) is 24.9 Å². The maximum Gasteiger partial charge on any atom is 0.244 e. The molecule has 2 aliphatic heterocycles. The number of sulfonamides is 1. The molecule has 6 heteroatoms. The Morgan fingerprint density at radius 1 is 1.15 bits per heavy atom. The summed E-state index contributed by atoms with van der Waals surface area (Å²) in [6.07, 6.45) is 3.06. The molecule has 2 heterocycles. The lowest BCUT2D eigenvalue weighted by molar-refractivity contribution is -0.134. The van der Waals surface area contributed by atoms with Crippen molar-refractivity contribution in [3.63, 3.8) is 0 Å². The van der Waals surface area contributed by atoms with Crippen LogP contribution in [0.3, 0.4) is 0 Å².